The molecule has 0 atom stereocenters. The number of aliphatic hydroxyl groups excluding tert-OH is 1. The molecule has 15 heavy (non-hydrogen) atoms. The van der Waals surface area contributed by atoms with Crippen molar-refractivity contribution in [2.75, 3.05) is 6.61 Å². The number of nitrogens with one attached hydrogen (secondary N) is 1. The highest BCUT2D eigenvalue weighted by atomic mass is 79.9. The summed E-state index contributed by atoms with van der Waals surface area (Å²) in [4.78, 5) is 0. The average Bonchev–Trinajstić information content (AvgIpc) is 2.19. The predicted octanol–water partition coefficient (Wildman–Crippen LogP) is 2.45. The SMILES string of the molecule is OCC1(NCc2ccccc2Br)CCC1. The maximum Gasteiger partial charge on any atom is 0.0613 e. The second-order valence-electron chi connectivity index (χ2n) is 4.24. The number of halogens is 1. The largest absolute Gasteiger partial charge is 0.394 e. The van der Waals surface area contributed by atoms with E-state index in [-0.39, 0.29) is 12.1 Å². The quantitative estimate of drug-likeness (QED) is 0.880. The first-order valence-corrected chi connectivity index (χ1v) is 6.14. The van der Waals surface area contributed by atoms with Crippen LogP contribution in [0.1, 0.15) is 24.8 Å². The molecule has 0 aromatic heterocycles. The van der Waals surface area contributed by atoms with Crippen LogP contribution in [0.2, 0.25) is 0 Å². The Bertz CT molecular complexity index is 331. The lowest BCUT2D eigenvalue weighted by atomic mass is 9.77. The molecule has 0 unspecified atom stereocenters. The van der Waals surface area contributed by atoms with Crippen molar-refractivity contribution in [2.45, 2.75) is 31.3 Å². The van der Waals surface area contributed by atoms with Gasteiger partial charge in [-0.2, -0.15) is 0 Å². The van der Waals surface area contributed by atoms with Crippen LogP contribution in [0, 0.1) is 0 Å². The van der Waals surface area contributed by atoms with Gasteiger partial charge in [0.2, 0.25) is 0 Å². The molecule has 1 fully saturated rings. The van der Waals surface area contributed by atoms with Gasteiger partial charge >= 0.3 is 0 Å². The monoisotopic (exact) mass is 269 g/mol. The third-order valence-electron chi connectivity index (χ3n) is 3.23. The van der Waals surface area contributed by atoms with Crippen LogP contribution >= 0.6 is 15.9 Å². The van der Waals surface area contributed by atoms with Crippen molar-refractivity contribution in [1.82, 2.24) is 5.32 Å². The third-order valence-corrected chi connectivity index (χ3v) is 4.00. The molecule has 2 nitrogen and oxygen atoms in total. The van der Waals surface area contributed by atoms with Gasteiger partial charge in [0.15, 0.2) is 0 Å². The Labute approximate surface area is 98.8 Å². The van der Waals surface area contributed by atoms with E-state index in [1.807, 2.05) is 18.2 Å². The van der Waals surface area contributed by atoms with E-state index in [2.05, 4.69) is 27.3 Å². The highest BCUT2D eigenvalue weighted by Gasteiger charge is 2.35. The Morgan fingerprint density at radius 2 is 2.07 bits per heavy atom. The summed E-state index contributed by atoms with van der Waals surface area (Å²) in [5.74, 6) is 0. The Morgan fingerprint density at radius 3 is 2.60 bits per heavy atom. The maximum absolute atomic E-state index is 9.31. The molecule has 3 heteroatoms. The van der Waals surface area contributed by atoms with Gasteiger partial charge in [0.05, 0.1) is 6.61 Å². The second-order valence-corrected chi connectivity index (χ2v) is 5.09. The van der Waals surface area contributed by atoms with E-state index in [1.54, 1.807) is 0 Å². The molecule has 0 bridgehead atoms. The zero-order chi connectivity index (χ0) is 10.7. The van der Waals surface area contributed by atoms with E-state index in [9.17, 15) is 5.11 Å². The van der Waals surface area contributed by atoms with Crippen molar-refractivity contribution in [3.05, 3.63) is 34.3 Å². The molecule has 0 aliphatic heterocycles. The molecule has 2 rings (SSSR count). The van der Waals surface area contributed by atoms with Gasteiger partial charge in [-0.25, -0.2) is 0 Å². The first kappa shape index (κ1) is 11.1. The molecule has 1 aromatic carbocycles. The molecule has 0 heterocycles. The molecule has 0 amide bonds. The number of benzene rings is 1. The van der Waals surface area contributed by atoms with E-state index in [0.29, 0.717) is 0 Å². The highest BCUT2D eigenvalue weighted by Crippen LogP contribution is 2.31. The van der Waals surface area contributed by atoms with Crippen LogP contribution in [0.25, 0.3) is 0 Å². The number of aliphatic hydroxyl groups is 1. The maximum atomic E-state index is 9.31. The zero-order valence-corrected chi connectivity index (χ0v) is 10.3. The van der Waals surface area contributed by atoms with Gasteiger partial charge in [0.25, 0.3) is 0 Å². The third kappa shape index (κ3) is 2.41. The van der Waals surface area contributed by atoms with Crippen molar-refractivity contribution >= 4 is 15.9 Å². The Balaban J connectivity index is 1.95. The van der Waals surface area contributed by atoms with Crippen LogP contribution in [-0.4, -0.2) is 17.3 Å². The fourth-order valence-corrected chi connectivity index (χ4v) is 2.34. The van der Waals surface area contributed by atoms with E-state index < -0.39 is 0 Å². The van der Waals surface area contributed by atoms with Crippen LogP contribution < -0.4 is 5.32 Å². The molecular formula is C12H16BrNO. The summed E-state index contributed by atoms with van der Waals surface area (Å²) >= 11 is 3.52. The van der Waals surface area contributed by atoms with Gasteiger partial charge in [-0.15, -0.1) is 0 Å². The lowest BCUT2D eigenvalue weighted by Crippen LogP contribution is -2.53. The molecule has 0 spiro atoms. The molecule has 82 valence electrons. The van der Waals surface area contributed by atoms with Crippen molar-refractivity contribution in [3.63, 3.8) is 0 Å². The fourth-order valence-electron chi connectivity index (χ4n) is 1.92. The minimum atomic E-state index is -0.00468. The topological polar surface area (TPSA) is 32.3 Å². The summed E-state index contributed by atoms with van der Waals surface area (Å²) in [6, 6.07) is 8.19. The molecule has 1 aliphatic rings. The summed E-state index contributed by atoms with van der Waals surface area (Å²) in [6.45, 7) is 1.07. The van der Waals surface area contributed by atoms with Crippen molar-refractivity contribution in [1.29, 1.82) is 0 Å². The minimum absolute atomic E-state index is 0.00468. The second kappa shape index (κ2) is 4.64. The summed E-state index contributed by atoms with van der Waals surface area (Å²) < 4.78 is 1.13. The van der Waals surface area contributed by atoms with Gasteiger partial charge in [-0.3, -0.25) is 0 Å². The van der Waals surface area contributed by atoms with Gasteiger partial charge in [-0.05, 0) is 30.9 Å². The van der Waals surface area contributed by atoms with Gasteiger partial charge in [-0.1, -0.05) is 34.1 Å². The molecule has 2 N–H and O–H groups in total. The van der Waals surface area contributed by atoms with Crippen LogP contribution in [0.5, 0.6) is 0 Å². The predicted molar refractivity (Wildman–Crippen MR) is 64.6 cm³/mol. The van der Waals surface area contributed by atoms with E-state index in [1.165, 1.54) is 12.0 Å². The van der Waals surface area contributed by atoms with Gasteiger partial charge < -0.3 is 10.4 Å². The molecule has 1 aliphatic carbocycles. The number of hydrogen-bond acceptors (Lipinski definition) is 2. The van der Waals surface area contributed by atoms with E-state index >= 15 is 0 Å². The first-order valence-electron chi connectivity index (χ1n) is 5.35. The normalized spacial score (nSPS) is 18.5. The van der Waals surface area contributed by atoms with E-state index in [4.69, 9.17) is 0 Å². The van der Waals surface area contributed by atoms with Crippen molar-refractivity contribution in [2.24, 2.45) is 0 Å². The number of rotatable bonds is 4. The lowest BCUT2D eigenvalue weighted by molar-refractivity contribution is 0.0871. The molecule has 1 saturated carbocycles. The minimum Gasteiger partial charge on any atom is -0.394 e. The fraction of sp³-hybridized carbons (Fsp3) is 0.500. The Kier molecular flexibility index (Phi) is 3.44. The van der Waals surface area contributed by atoms with Crippen LogP contribution in [-0.2, 0) is 6.54 Å². The summed E-state index contributed by atoms with van der Waals surface area (Å²) in [5.41, 5.74) is 1.24. The van der Waals surface area contributed by atoms with E-state index in [0.717, 1.165) is 23.9 Å². The van der Waals surface area contributed by atoms with Gasteiger partial charge in [0.1, 0.15) is 0 Å². The first-order chi connectivity index (χ1) is 7.26. The zero-order valence-electron chi connectivity index (χ0n) is 8.67. The highest BCUT2D eigenvalue weighted by molar-refractivity contribution is 9.10. The van der Waals surface area contributed by atoms with Crippen LogP contribution in [0.15, 0.2) is 28.7 Å². The summed E-state index contributed by atoms with van der Waals surface area (Å²) in [7, 11) is 0. The summed E-state index contributed by atoms with van der Waals surface area (Å²) in [6.07, 6.45) is 3.41. The van der Waals surface area contributed by atoms with Crippen LogP contribution in [0.4, 0.5) is 0 Å². The average molecular weight is 270 g/mol. The smallest absolute Gasteiger partial charge is 0.0613 e. The number of hydrogen-bond donors (Lipinski definition) is 2. The Morgan fingerprint density at radius 1 is 1.33 bits per heavy atom. The van der Waals surface area contributed by atoms with Crippen LogP contribution in [0.3, 0.4) is 0 Å². The lowest BCUT2D eigenvalue weighted by Gasteiger charge is -2.41. The standard InChI is InChI=1S/C12H16BrNO/c13-11-5-2-1-4-10(11)8-14-12(9-15)6-3-7-12/h1-2,4-5,14-15H,3,6-9H2. The molecular weight excluding hydrogens is 254 g/mol. The molecule has 0 radical (unpaired) electrons. The van der Waals surface area contributed by atoms with Gasteiger partial charge in [0, 0.05) is 16.6 Å². The molecule has 1 aromatic rings. The van der Waals surface area contributed by atoms with Crippen molar-refractivity contribution in [3.8, 4) is 0 Å². The Hall–Kier alpha value is -0.380. The molecule has 0 saturated heterocycles. The van der Waals surface area contributed by atoms with Crippen molar-refractivity contribution < 1.29 is 5.11 Å². The summed E-state index contributed by atoms with van der Waals surface area (Å²) in [5, 5.41) is 12.8.